The van der Waals surface area contributed by atoms with Crippen molar-refractivity contribution in [2.24, 2.45) is 5.92 Å². The Morgan fingerprint density at radius 2 is 2.14 bits per heavy atom. The summed E-state index contributed by atoms with van der Waals surface area (Å²) in [7, 11) is 3.09. The number of amides is 1. The quantitative estimate of drug-likeness (QED) is 0.839. The van der Waals surface area contributed by atoms with Gasteiger partial charge in [0.15, 0.2) is 0 Å². The van der Waals surface area contributed by atoms with Crippen molar-refractivity contribution < 1.29 is 23.0 Å². The van der Waals surface area contributed by atoms with E-state index in [0.29, 0.717) is 24.6 Å². The smallest absolute Gasteiger partial charge is 0.266 e. The number of likely N-dealkylation sites (tertiary alicyclic amines) is 1. The first-order valence-electron chi connectivity index (χ1n) is 6.55. The van der Waals surface area contributed by atoms with Crippen molar-refractivity contribution in [1.82, 2.24) is 4.90 Å². The van der Waals surface area contributed by atoms with Crippen molar-refractivity contribution in [3.05, 3.63) is 35.9 Å². The van der Waals surface area contributed by atoms with E-state index < -0.39 is 12.0 Å². The van der Waals surface area contributed by atoms with Crippen LogP contribution in [0.4, 0.5) is 8.78 Å². The van der Waals surface area contributed by atoms with E-state index in [1.807, 2.05) is 6.07 Å². The number of benzene rings is 1. The highest BCUT2D eigenvalue weighted by Crippen LogP contribution is 2.28. The van der Waals surface area contributed by atoms with Crippen LogP contribution in [-0.4, -0.2) is 31.6 Å². The van der Waals surface area contributed by atoms with E-state index in [9.17, 15) is 13.6 Å². The molecule has 0 bridgehead atoms. The zero-order valence-electron chi connectivity index (χ0n) is 11.9. The molecule has 114 valence electrons. The molecule has 1 aliphatic heterocycles. The van der Waals surface area contributed by atoms with Gasteiger partial charge in [-0.3, -0.25) is 4.79 Å². The Labute approximate surface area is 121 Å². The van der Waals surface area contributed by atoms with E-state index in [2.05, 4.69) is 0 Å². The molecule has 1 amide bonds. The van der Waals surface area contributed by atoms with Crippen LogP contribution in [0.15, 0.2) is 30.4 Å². The highest BCUT2D eigenvalue weighted by Gasteiger charge is 2.29. The highest BCUT2D eigenvalue weighted by atomic mass is 19.3. The van der Waals surface area contributed by atoms with Gasteiger partial charge in [0.05, 0.1) is 14.2 Å². The third-order valence-corrected chi connectivity index (χ3v) is 3.46. The van der Waals surface area contributed by atoms with Gasteiger partial charge in [-0.25, -0.2) is 0 Å². The Bertz CT molecular complexity index is 556. The Balaban J connectivity index is 2.11. The average molecular weight is 297 g/mol. The molecule has 0 N–H and O–H groups in total. The molecule has 1 atom stereocenters. The van der Waals surface area contributed by atoms with Gasteiger partial charge in [-0.05, 0) is 18.2 Å². The number of hydrogen-bond acceptors (Lipinski definition) is 3. The minimum atomic E-state index is -1.74. The van der Waals surface area contributed by atoms with Crippen molar-refractivity contribution in [3.8, 4) is 11.5 Å². The summed E-state index contributed by atoms with van der Waals surface area (Å²) in [5, 5.41) is 0. The largest absolute Gasteiger partial charge is 0.497 e. The SMILES string of the molecule is COc1ccc(CN2C[C@H](C=C(F)F)CC2=O)c(OC)c1. The second-order valence-corrected chi connectivity index (χ2v) is 4.87. The summed E-state index contributed by atoms with van der Waals surface area (Å²) in [5.74, 6) is 0.712. The normalized spacial score (nSPS) is 17.8. The van der Waals surface area contributed by atoms with Crippen molar-refractivity contribution in [2.75, 3.05) is 20.8 Å². The molecule has 6 heteroatoms. The van der Waals surface area contributed by atoms with Crippen molar-refractivity contribution >= 4 is 5.91 Å². The molecule has 0 spiro atoms. The molecule has 1 aliphatic rings. The molecule has 1 heterocycles. The first-order chi connectivity index (χ1) is 10.0. The third kappa shape index (κ3) is 3.71. The standard InChI is InChI=1S/C15H17F2NO3/c1-20-12-4-3-11(13(7-12)21-2)9-18-8-10(5-14(16)17)6-15(18)19/h3-5,7,10H,6,8-9H2,1-2H3/t10-/m1/s1. The van der Waals surface area contributed by atoms with Crippen LogP contribution in [0, 0.1) is 5.92 Å². The molecule has 1 fully saturated rings. The lowest BCUT2D eigenvalue weighted by Crippen LogP contribution is -2.24. The predicted octanol–water partition coefficient (Wildman–Crippen LogP) is 2.83. The lowest BCUT2D eigenvalue weighted by atomic mass is 10.1. The van der Waals surface area contributed by atoms with Crippen LogP contribution >= 0.6 is 0 Å². The summed E-state index contributed by atoms with van der Waals surface area (Å²) in [6, 6.07) is 5.31. The fourth-order valence-corrected chi connectivity index (χ4v) is 2.43. The van der Waals surface area contributed by atoms with Crippen LogP contribution in [0.1, 0.15) is 12.0 Å². The third-order valence-electron chi connectivity index (χ3n) is 3.46. The minimum Gasteiger partial charge on any atom is -0.497 e. The number of hydrogen-bond donors (Lipinski definition) is 0. The lowest BCUT2D eigenvalue weighted by molar-refractivity contribution is -0.128. The molecule has 2 rings (SSSR count). The maximum absolute atomic E-state index is 12.3. The van der Waals surface area contributed by atoms with Crippen molar-refractivity contribution in [3.63, 3.8) is 0 Å². The summed E-state index contributed by atoms with van der Waals surface area (Å²) in [6.45, 7) is 0.635. The number of carbonyl (C=O) groups is 1. The second-order valence-electron chi connectivity index (χ2n) is 4.87. The summed E-state index contributed by atoms with van der Waals surface area (Å²) >= 11 is 0. The molecule has 0 aromatic heterocycles. The van der Waals surface area contributed by atoms with Crippen LogP contribution in [-0.2, 0) is 11.3 Å². The first kappa shape index (κ1) is 15.3. The fraction of sp³-hybridized carbons (Fsp3) is 0.400. The Morgan fingerprint density at radius 3 is 2.76 bits per heavy atom. The van der Waals surface area contributed by atoms with Crippen molar-refractivity contribution in [1.29, 1.82) is 0 Å². The number of ether oxygens (including phenoxy) is 2. The first-order valence-corrected chi connectivity index (χ1v) is 6.55. The summed E-state index contributed by atoms with van der Waals surface area (Å²) < 4.78 is 34.9. The summed E-state index contributed by atoms with van der Waals surface area (Å²) in [5.41, 5.74) is 0.817. The molecule has 0 saturated carbocycles. The Morgan fingerprint density at radius 1 is 1.38 bits per heavy atom. The van der Waals surface area contributed by atoms with Crippen LogP contribution in [0.25, 0.3) is 0 Å². The number of halogens is 2. The fourth-order valence-electron chi connectivity index (χ4n) is 2.43. The van der Waals surface area contributed by atoms with E-state index in [4.69, 9.17) is 9.47 Å². The second kappa shape index (κ2) is 6.56. The monoisotopic (exact) mass is 297 g/mol. The van der Waals surface area contributed by atoms with Gasteiger partial charge in [0.1, 0.15) is 11.5 Å². The van der Waals surface area contributed by atoms with Crippen LogP contribution in [0.5, 0.6) is 11.5 Å². The summed E-state index contributed by atoms with van der Waals surface area (Å²) in [6.07, 6.45) is -0.768. The molecule has 1 aromatic rings. The lowest BCUT2D eigenvalue weighted by Gasteiger charge is -2.18. The molecule has 0 aliphatic carbocycles. The Hall–Kier alpha value is -2.11. The van der Waals surface area contributed by atoms with Crippen molar-refractivity contribution in [2.45, 2.75) is 13.0 Å². The predicted molar refractivity (Wildman–Crippen MR) is 73.4 cm³/mol. The Kier molecular flexibility index (Phi) is 4.77. The van der Waals surface area contributed by atoms with Gasteiger partial charge in [0.2, 0.25) is 5.91 Å². The van der Waals surface area contributed by atoms with Crippen LogP contribution < -0.4 is 9.47 Å². The number of nitrogens with zero attached hydrogens (tertiary/aromatic N) is 1. The van der Waals surface area contributed by atoms with E-state index in [1.54, 1.807) is 24.1 Å². The molecule has 1 saturated heterocycles. The summed E-state index contributed by atoms with van der Waals surface area (Å²) in [4.78, 5) is 13.4. The molecule has 0 unspecified atom stereocenters. The number of carbonyl (C=O) groups excluding carboxylic acids is 1. The van der Waals surface area contributed by atoms with Gasteiger partial charge in [0, 0.05) is 37.1 Å². The van der Waals surface area contributed by atoms with E-state index in [-0.39, 0.29) is 12.3 Å². The van der Waals surface area contributed by atoms with Gasteiger partial charge < -0.3 is 14.4 Å². The molecular formula is C15H17F2NO3. The number of methoxy groups -OCH3 is 2. The molecule has 21 heavy (non-hydrogen) atoms. The van der Waals surface area contributed by atoms with E-state index in [1.165, 1.54) is 7.11 Å². The van der Waals surface area contributed by atoms with E-state index >= 15 is 0 Å². The van der Waals surface area contributed by atoms with Gasteiger partial charge in [-0.2, -0.15) is 8.78 Å². The molecule has 4 nitrogen and oxygen atoms in total. The maximum atomic E-state index is 12.3. The molecule has 0 radical (unpaired) electrons. The van der Waals surface area contributed by atoms with Crippen LogP contribution in [0.2, 0.25) is 0 Å². The highest BCUT2D eigenvalue weighted by molar-refractivity contribution is 5.79. The average Bonchev–Trinajstić information content (AvgIpc) is 2.78. The zero-order chi connectivity index (χ0) is 15.4. The maximum Gasteiger partial charge on any atom is 0.266 e. The van der Waals surface area contributed by atoms with Gasteiger partial charge in [-0.15, -0.1) is 0 Å². The topological polar surface area (TPSA) is 38.8 Å². The van der Waals surface area contributed by atoms with E-state index in [0.717, 1.165) is 11.6 Å². The van der Waals surface area contributed by atoms with Crippen LogP contribution in [0.3, 0.4) is 0 Å². The van der Waals surface area contributed by atoms with Gasteiger partial charge in [0.25, 0.3) is 6.08 Å². The van der Waals surface area contributed by atoms with Gasteiger partial charge in [-0.1, -0.05) is 0 Å². The molecular weight excluding hydrogens is 280 g/mol. The molecule has 1 aromatic carbocycles. The number of rotatable bonds is 5. The van der Waals surface area contributed by atoms with Gasteiger partial charge >= 0.3 is 0 Å². The minimum absolute atomic E-state index is 0.121. The zero-order valence-corrected chi connectivity index (χ0v) is 11.9.